The van der Waals surface area contributed by atoms with Gasteiger partial charge in [0.05, 0.1) is 9.85 Å². The summed E-state index contributed by atoms with van der Waals surface area (Å²) in [6, 6.07) is 9.96. The summed E-state index contributed by atoms with van der Waals surface area (Å²) >= 11 is 3.08. The molecule has 22 heavy (non-hydrogen) atoms. The second-order valence-corrected chi connectivity index (χ2v) is 4.67. The lowest BCUT2D eigenvalue weighted by Crippen LogP contribution is -1.90. The molecule has 0 saturated carbocycles. The molecule has 0 heterocycles. The Bertz CT molecular complexity index is 662. The van der Waals surface area contributed by atoms with E-state index in [2.05, 4.69) is 15.9 Å². The Balaban J connectivity index is 0.000000385. The quantitative estimate of drug-likeness (QED) is 0.468. The van der Waals surface area contributed by atoms with E-state index in [4.69, 9.17) is 11.5 Å². The van der Waals surface area contributed by atoms with Gasteiger partial charge in [-0.3, -0.25) is 20.2 Å². The average Bonchev–Trinajstić information content (AvgIpc) is 2.43. The molecule has 0 atom stereocenters. The number of non-ortho nitro benzene ring substituents is 2. The first-order valence-electron chi connectivity index (χ1n) is 5.50. The largest absolute Gasteiger partial charge is 0.399 e. The Morgan fingerprint density at radius 3 is 1.73 bits per heavy atom. The molecule has 0 unspecified atom stereocenters. The minimum Gasteiger partial charge on any atom is -0.399 e. The first-order chi connectivity index (χ1) is 9.81. The molecule has 0 aliphatic carbocycles. The molecule has 0 bridgehead atoms. The van der Waals surface area contributed by atoms with Crippen LogP contribution in [0.1, 0.15) is 7.43 Å². The van der Waals surface area contributed by atoms with E-state index in [0.29, 0.717) is 15.8 Å². The summed E-state index contributed by atoms with van der Waals surface area (Å²) in [5, 5.41) is 20.3. The maximum atomic E-state index is 10.2. The lowest BCUT2D eigenvalue weighted by atomic mass is 10.3. The molecule has 9 heteroatoms. The van der Waals surface area contributed by atoms with Crippen molar-refractivity contribution >= 4 is 38.7 Å². The van der Waals surface area contributed by atoms with Gasteiger partial charge in [-0.05, 0) is 34.1 Å². The molecular formula is C13H15BrN4O4. The van der Waals surface area contributed by atoms with Crippen LogP contribution in [0.2, 0.25) is 0 Å². The first-order valence-corrected chi connectivity index (χ1v) is 6.30. The molecule has 0 radical (unpaired) electrons. The fraction of sp³-hybridized carbons (Fsp3) is 0.0769. The highest BCUT2D eigenvalue weighted by atomic mass is 79.9. The fourth-order valence-corrected chi connectivity index (χ4v) is 1.59. The molecule has 0 amide bonds. The molecule has 4 N–H and O–H groups in total. The van der Waals surface area contributed by atoms with Crippen molar-refractivity contribution in [1.29, 1.82) is 0 Å². The maximum absolute atomic E-state index is 10.2. The van der Waals surface area contributed by atoms with Gasteiger partial charge in [0.1, 0.15) is 0 Å². The van der Waals surface area contributed by atoms with Crippen molar-refractivity contribution in [3.8, 4) is 0 Å². The van der Waals surface area contributed by atoms with Gasteiger partial charge >= 0.3 is 0 Å². The number of benzene rings is 2. The van der Waals surface area contributed by atoms with Gasteiger partial charge in [0, 0.05) is 40.1 Å². The Labute approximate surface area is 135 Å². The summed E-state index contributed by atoms with van der Waals surface area (Å²) < 4.78 is 0.548. The van der Waals surface area contributed by atoms with E-state index in [-0.39, 0.29) is 18.8 Å². The lowest BCUT2D eigenvalue weighted by Gasteiger charge is -1.95. The number of rotatable bonds is 2. The van der Waals surface area contributed by atoms with Crippen LogP contribution in [0, 0.1) is 20.2 Å². The molecule has 2 aromatic carbocycles. The summed E-state index contributed by atoms with van der Waals surface area (Å²) in [6.45, 7) is 0. The Morgan fingerprint density at radius 2 is 1.32 bits per heavy atom. The van der Waals surface area contributed by atoms with Gasteiger partial charge in [0.2, 0.25) is 0 Å². The van der Waals surface area contributed by atoms with Crippen molar-refractivity contribution in [2.75, 3.05) is 11.5 Å². The highest BCUT2D eigenvalue weighted by molar-refractivity contribution is 9.10. The zero-order valence-corrected chi connectivity index (χ0v) is 12.2. The lowest BCUT2D eigenvalue weighted by molar-refractivity contribution is -0.385. The van der Waals surface area contributed by atoms with E-state index in [9.17, 15) is 20.2 Å². The molecule has 0 spiro atoms. The third-order valence-corrected chi connectivity index (χ3v) is 2.99. The molecule has 0 fully saturated rings. The van der Waals surface area contributed by atoms with E-state index >= 15 is 0 Å². The molecule has 2 aromatic rings. The number of nitrogen functional groups attached to an aromatic ring is 2. The number of nitro groups is 2. The van der Waals surface area contributed by atoms with Crippen LogP contribution in [-0.2, 0) is 0 Å². The second kappa shape index (κ2) is 8.57. The van der Waals surface area contributed by atoms with Gasteiger partial charge in [-0.1, -0.05) is 7.43 Å². The number of nitrogens with zero attached hydrogens (tertiary/aromatic N) is 2. The Kier molecular flexibility index (Phi) is 7.53. The highest BCUT2D eigenvalue weighted by Crippen LogP contribution is 2.24. The van der Waals surface area contributed by atoms with Gasteiger partial charge in [0.15, 0.2) is 0 Å². The number of hydrogen-bond acceptors (Lipinski definition) is 6. The minimum atomic E-state index is -0.468. The van der Waals surface area contributed by atoms with Crippen LogP contribution in [0.25, 0.3) is 0 Å². The molecule has 0 aromatic heterocycles. The van der Waals surface area contributed by atoms with Gasteiger partial charge in [-0.25, -0.2) is 0 Å². The molecule has 2 rings (SSSR count). The number of anilines is 2. The number of halogens is 1. The second-order valence-electron chi connectivity index (χ2n) is 3.81. The molecule has 0 aliphatic rings. The van der Waals surface area contributed by atoms with Crippen LogP contribution in [0.3, 0.4) is 0 Å². The van der Waals surface area contributed by atoms with Crippen molar-refractivity contribution in [1.82, 2.24) is 0 Å². The average molecular weight is 371 g/mol. The topological polar surface area (TPSA) is 138 Å². The molecule has 8 nitrogen and oxygen atoms in total. The van der Waals surface area contributed by atoms with Crippen molar-refractivity contribution in [3.05, 3.63) is 67.2 Å². The van der Waals surface area contributed by atoms with Crippen LogP contribution in [0.5, 0.6) is 0 Å². The molecular weight excluding hydrogens is 356 g/mol. The van der Waals surface area contributed by atoms with Crippen LogP contribution in [0.4, 0.5) is 22.7 Å². The van der Waals surface area contributed by atoms with Crippen LogP contribution in [-0.4, -0.2) is 9.85 Å². The van der Waals surface area contributed by atoms with E-state index in [1.54, 1.807) is 0 Å². The van der Waals surface area contributed by atoms with E-state index in [1.807, 2.05) is 0 Å². The molecule has 0 aliphatic heterocycles. The highest BCUT2D eigenvalue weighted by Gasteiger charge is 2.06. The van der Waals surface area contributed by atoms with Crippen LogP contribution in [0.15, 0.2) is 46.9 Å². The van der Waals surface area contributed by atoms with Crippen molar-refractivity contribution in [3.63, 3.8) is 0 Å². The third-order valence-electron chi connectivity index (χ3n) is 2.30. The monoisotopic (exact) mass is 370 g/mol. The summed E-state index contributed by atoms with van der Waals surface area (Å²) in [4.78, 5) is 19.4. The summed E-state index contributed by atoms with van der Waals surface area (Å²) in [6.07, 6.45) is 0. The van der Waals surface area contributed by atoms with Crippen LogP contribution < -0.4 is 11.5 Å². The SMILES string of the molecule is C.Nc1ccc([N+](=O)[O-])cc1.Nc1ccc([N+](=O)[O-])cc1Br. The van der Waals surface area contributed by atoms with Crippen molar-refractivity contribution < 1.29 is 9.85 Å². The van der Waals surface area contributed by atoms with Crippen molar-refractivity contribution in [2.24, 2.45) is 0 Å². The first kappa shape index (κ1) is 19.3. The van der Waals surface area contributed by atoms with E-state index < -0.39 is 9.85 Å². The van der Waals surface area contributed by atoms with Gasteiger partial charge in [-0.15, -0.1) is 0 Å². The van der Waals surface area contributed by atoms with Crippen LogP contribution >= 0.6 is 15.9 Å². The number of nitrogens with two attached hydrogens (primary N) is 2. The maximum Gasteiger partial charge on any atom is 0.270 e. The van der Waals surface area contributed by atoms with Gasteiger partial charge in [-0.2, -0.15) is 0 Å². The summed E-state index contributed by atoms with van der Waals surface area (Å²) in [5.41, 5.74) is 11.8. The number of nitro benzene ring substituents is 2. The Morgan fingerprint density at radius 1 is 0.864 bits per heavy atom. The third kappa shape index (κ3) is 5.75. The zero-order chi connectivity index (χ0) is 16.0. The molecule has 0 saturated heterocycles. The fourth-order valence-electron chi connectivity index (χ4n) is 1.23. The minimum absolute atomic E-state index is 0. The van der Waals surface area contributed by atoms with Gasteiger partial charge < -0.3 is 11.5 Å². The molecule has 118 valence electrons. The van der Waals surface area contributed by atoms with Crippen molar-refractivity contribution in [2.45, 2.75) is 7.43 Å². The normalized spacial score (nSPS) is 8.95. The Hall–Kier alpha value is -2.68. The number of hydrogen-bond donors (Lipinski definition) is 2. The van der Waals surface area contributed by atoms with E-state index in [1.165, 1.54) is 42.5 Å². The van der Waals surface area contributed by atoms with Gasteiger partial charge in [0.25, 0.3) is 11.4 Å². The summed E-state index contributed by atoms with van der Waals surface area (Å²) in [7, 11) is 0. The zero-order valence-electron chi connectivity index (χ0n) is 10.6. The van der Waals surface area contributed by atoms with E-state index in [0.717, 1.165) is 0 Å². The predicted molar refractivity (Wildman–Crippen MR) is 89.4 cm³/mol. The smallest absolute Gasteiger partial charge is 0.270 e. The summed E-state index contributed by atoms with van der Waals surface area (Å²) in [5.74, 6) is 0. The standard InChI is InChI=1S/C6H5BrN2O2.C6H6N2O2.CH4/c7-5-3-4(9(10)11)1-2-6(5)8;7-5-1-3-6(4-2-5)8(9)10;/h1-3H,8H2;1-4H,7H2;1H4. The predicted octanol–water partition coefficient (Wildman–Crippen LogP) is 3.75.